The van der Waals surface area contributed by atoms with E-state index in [1.165, 1.54) is 24.3 Å². The zero-order chi connectivity index (χ0) is 26.5. The minimum absolute atomic E-state index is 0.0381. The van der Waals surface area contributed by atoms with Gasteiger partial charge in [0.2, 0.25) is 5.91 Å². The van der Waals surface area contributed by atoms with Crippen molar-refractivity contribution in [2.75, 3.05) is 43.9 Å². The van der Waals surface area contributed by atoms with Crippen molar-refractivity contribution < 1.29 is 27.5 Å². The second-order valence-corrected chi connectivity index (χ2v) is 9.18. The Morgan fingerprint density at radius 2 is 1.72 bits per heavy atom. The summed E-state index contributed by atoms with van der Waals surface area (Å²) < 4.78 is 47.3. The highest BCUT2D eigenvalue weighted by Gasteiger charge is 2.34. The maximum atomic E-state index is 13.9. The molecule has 1 heterocycles. The number of halogens is 3. The van der Waals surface area contributed by atoms with E-state index in [1.54, 1.807) is 13.0 Å². The molecule has 0 aromatic heterocycles. The van der Waals surface area contributed by atoms with E-state index >= 15 is 0 Å². The van der Waals surface area contributed by atoms with Crippen LogP contribution < -0.4 is 15.4 Å². The number of nitrogens with zero attached hydrogens (tertiary/aromatic N) is 2. The van der Waals surface area contributed by atoms with Crippen LogP contribution in [0.25, 0.3) is 0 Å². The fourth-order valence-electron chi connectivity index (χ4n) is 3.87. The van der Waals surface area contributed by atoms with E-state index in [-0.39, 0.29) is 41.8 Å². The van der Waals surface area contributed by atoms with E-state index in [1.807, 2.05) is 25.8 Å². The van der Waals surface area contributed by atoms with Crippen LogP contribution in [0, 0.1) is 0 Å². The Morgan fingerprint density at radius 1 is 1.03 bits per heavy atom. The molecule has 2 amide bonds. The molecule has 36 heavy (non-hydrogen) atoms. The number of piperazine rings is 1. The summed E-state index contributed by atoms with van der Waals surface area (Å²) in [4.78, 5) is 29.0. The Morgan fingerprint density at radius 3 is 2.33 bits per heavy atom. The average Bonchev–Trinajstić information content (AvgIpc) is 2.81. The second-order valence-electron chi connectivity index (χ2n) is 9.18. The van der Waals surface area contributed by atoms with Gasteiger partial charge in [-0.3, -0.25) is 14.5 Å². The molecule has 1 aliphatic heterocycles. The van der Waals surface area contributed by atoms with E-state index in [9.17, 15) is 22.8 Å². The molecule has 0 radical (unpaired) electrons. The van der Waals surface area contributed by atoms with Crippen LogP contribution in [0.5, 0.6) is 5.75 Å². The van der Waals surface area contributed by atoms with Gasteiger partial charge in [0.25, 0.3) is 5.91 Å². The zero-order valence-electron chi connectivity index (χ0n) is 21.0. The van der Waals surface area contributed by atoms with Gasteiger partial charge < -0.3 is 20.3 Å². The van der Waals surface area contributed by atoms with Gasteiger partial charge in [0.05, 0.1) is 17.4 Å². The van der Waals surface area contributed by atoms with Crippen LogP contribution in [0.1, 0.15) is 48.7 Å². The summed E-state index contributed by atoms with van der Waals surface area (Å²) >= 11 is 0. The summed E-state index contributed by atoms with van der Waals surface area (Å²) in [6.45, 7) is 8.54. The standard InChI is InChI=1S/C26H33F3N4O3/c1-5-24(34)31-22-14-18(7-9-23(22)36-17(2)3)25(35)30-20-8-6-19(21(15-20)26(27,28)29)16-33-12-10-32(4)11-13-33/h6-9,14-15,17H,5,10-13,16H2,1-4H3,(H,30,35)(H,31,34). The quantitative estimate of drug-likeness (QED) is 0.536. The van der Waals surface area contributed by atoms with Crippen molar-refractivity contribution in [3.63, 3.8) is 0 Å². The summed E-state index contributed by atoms with van der Waals surface area (Å²) in [5, 5.41) is 5.25. The molecular formula is C26H33F3N4O3. The van der Waals surface area contributed by atoms with Crippen molar-refractivity contribution in [2.24, 2.45) is 0 Å². The van der Waals surface area contributed by atoms with Crippen LogP contribution in [0.15, 0.2) is 36.4 Å². The highest BCUT2D eigenvalue weighted by atomic mass is 19.4. The lowest BCUT2D eigenvalue weighted by Crippen LogP contribution is -2.44. The Balaban J connectivity index is 1.81. The third-order valence-corrected chi connectivity index (χ3v) is 5.86. The Kier molecular flexibility index (Phi) is 8.97. The number of ether oxygens (including phenoxy) is 1. The van der Waals surface area contributed by atoms with Crippen molar-refractivity contribution in [2.45, 2.75) is 46.0 Å². The topological polar surface area (TPSA) is 73.9 Å². The monoisotopic (exact) mass is 506 g/mol. The van der Waals surface area contributed by atoms with Gasteiger partial charge in [0.1, 0.15) is 5.75 Å². The molecule has 0 atom stereocenters. The molecule has 1 saturated heterocycles. The molecule has 1 fully saturated rings. The number of rotatable bonds is 8. The van der Waals surface area contributed by atoms with Gasteiger partial charge in [-0.25, -0.2) is 0 Å². The predicted molar refractivity (Wildman–Crippen MR) is 133 cm³/mol. The number of likely N-dealkylation sites (N-methyl/N-ethyl adjacent to an activating group) is 1. The molecule has 7 nitrogen and oxygen atoms in total. The predicted octanol–water partition coefficient (Wildman–Crippen LogP) is 4.84. The van der Waals surface area contributed by atoms with Crippen LogP contribution in [-0.2, 0) is 17.5 Å². The molecular weight excluding hydrogens is 473 g/mol. The summed E-state index contributed by atoms with van der Waals surface area (Å²) in [5.74, 6) is -0.457. The second kappa shape index (κ2) is 11.7. The third kappa shape index (κ3) is 7.44. The lowest BCUT2D eigenvalue weighted by Gasteiger charge is -2.33. The first-order valence-electron chi connectivity index (χ1n) is 12.0. The van der Waals surface area contributed by atoms with Gasteiger partial charge in [-0.15, -0.1) is 0 Å². The maximum absolute atomic E-state index is 13.9. The number of alkyl halides is 3. The normalized spacial score (nSPS) is 15.1. The summed E-state index contributed by atoms with van der Waals surface area (Å²) in [5.41, 5.74) is -0.0639. The first-order chi connectivity index (χ1) is 17.0. The third-order valence-electron chi connectivity index (χ3n) is 5.86. The highest BCUT2D eigenvalue weighted by Crippen LogP contribution is 2.35. The fourth-order valence-corrected chi connectivity index (χ4v) is 3.87. The van der Waals surface area contributed by atoms with Crippen LogP contribution in [0.3, 0.4) is 0 Å². The fraction of sp³-hybridized carbons (Fsp3) is 0.462. The molecule has 0 spiro atoms. The average molecular weight is 507 g/mol. The molecule has 196 valence electrons. The summed E-state index contributed by atoms with van der Waals surface area (Å²) in [6, 6.07) is 8.38. The minimum Gasteiger partial charge on any atom is -0.489 e. The number of carbonyl (C=O) groups excluding carboxylic acids is 2. The number of nitrogens with one attached hydrogen (secondary N) is 2. The minimum atomic E-state index is -4.56. The molecule has 0 unspecified atom stereocenters. The van der Waals surface area contributed by atoms with Crippen LogP contribution >= 0.6 is 0 Å². The van der Waals surface area contributed by atoms with E-state index in [0.717, 1.165) is 19.2 Å². The Labute approximate surface area is 209 Å². The lowest BCUT2D eigenvalue weighted by atomic mass is 10.0. The Hall–Kier alpha value is -3.11. The van der Waals surface area contributed by atoms with Gasteiger partial charge in [0.15, 0.2) is 0 Å². The number of carbonyl (C=O) groups is 2. The first-order valence-corrected chi connectivity index (χ1v) is 12.0. The smallest absolute Gasteiger partial charge is 0.416 e. The lowest BCUT2D eigenvalue weighted by molar-refractivity contribution is -0.138. The SMILES string of the molecule is CCC(=O)Nc1cc(C(=O)Nc2ccc(CN3CCN(C)CC3)c(C(F)(F)F)c2)ccc1OC(C)C. The molecule has 1 aliphatic rings. The van der Waals surface area contributed by atoms with Crippen LogP contribution in [0.2, 0.25) is 0 Å². The number of hydrogen-bond acceptors (Lipinski definition) is 5. The molecule has 2 aromatic rings. The van der Waals surface area contributed by atoms with Gasteiger partial charge in [-0.05, 0) is 56.8 Å². The zero-order valence-corrected chi connectivity index (χ0v) is 21.0. The summed E-state index contributed by atoms with van der Waals surface area (Å²) in [6.07, 6.45) is -4.49. The van der Waals surface area contributed by atoms with Crippen LogP contribution in [-0.4, -0.2) is 60.9 Å². The number of amides is 2. The number of hydrogen-bond donors (Lipinski definition) is 2. The van der Waals surface area contributed by atoms with Crippen molar-refractivity contribution in [1.82, 2.24) is 9.80 Å². The van der Waals surface area contributed by atoms with Gasteiger partial charge >= 0.3 is 6.18 Å². The number of anilines is 2. The number of benzene rings is 2. The van der Waals surface area contributed by atoms with E-state index in [0.29, 0.717) is 24.5 Å². The van der Waals surface area contributed by atoms with E-state index in [4.69, 9.17) is 4.74 Å². The van der Waals surface area contributed by atoms with Crippen LogP contribution in [0.4, 0.5) is 24.5 Å². The van der Waals surface area contributed by atoms with Gasteiger partial charge in [0, 0.05) is 50.4 Å². The van der Waals surface area contributed by atoms with Crippen molar-refractivity contribution >= 4 is 23.2 Å². The van der Waals surface area contributed by atoms with Crippen molar-refractivity contribution in [3.05, 3.63) is 53.1 Å². The molecule has 0 saturated carbocycles. The molecule has 0 aliphatic carbocycles. The van der Waals surface area contributed by atoms with E-state index < -0.39 is 17.6 Å². The Bertz CT molecular complexity index is 1080. The van der Waals surface area contributed by atoms with E-state index in [2.05, 4.69) is 15.5 Å². The highest BCUT2D eigenvalue weighted by molar-refractivity contribution is 6.05. The van der Waals surface area contributed by atoms with Crippen molar-refractivity contribution in [1.29, 1.82) is 0 Å². The van der Waals surface area contributed by atoms with Gasteiger partial charge in [-0.1, -0.05) is 13.0 Å². The van der Waals surface area contributed by atoms with Crippen molar-refractivity contribution in [3.8, 4) is 5.75 Å². The molecule has 0 bridgehead atoms. The molecule has 2 N–H and O–H groups in total. The molecule has 2 aromatic carbocycles. The van der Waals surface area contributed by atoms with Gasteiger partial charge in [-0.2, -0.15) is 13.2 Å². The molecule has 10 heteroatoms. The summed E-state index contributed by atoms with van der Waals surface area (Å²) in [7, 11) is 1.99. The molecule has 3 rings (SSSR count). The first kappa shape index (κ1) is 27.5. The maximum Gasteiger partial charge on any atom is 0.416 e. The largest absolute Gasteiger partial charge is 0.489 e.